The summed E-state index contributed by atoms with van der Waals surface area (Å²) in [6.07, 6.45) is 4.21. The highest BCUT2D eigenvalue weighted by Gasteiger charge is 2.49. The zero-order valence-corrected chi connectivity index (χ0v) is 20.5. The molecular formula is C25H29FN4O4S. The van der Waals surface area contributed by atoms with Crippen molar-refractivity contribution in [2.75, 3.05) is 20.2 Å². The molecule has 10 heteroatoms. The summed E-state index contributed by atoms with van der Waals surface area (Å²) in [5.41, 5.74) is -0.370. The predicted molar refractivity (Wildman–Crippen MR) is 130 cm³/mol. The van der Waals surface area contributed by atoms with Gasteiger partial charge in [-0.15, -0.1) is 0 Å². The molecule has 1 aliphatic heterocycles. The van der Waals surface area contributed by atoms with Crippen LogP contribution in [0.1, 0.15) is 41.0 Å². The maximum atomic E-state index is 14.4. The van der Waals surface area contributed by atoms with Crippen LogP contribution in [-0.2, 0) is 15.4 Å². The van der Waals surface area contributed by atoms with E-state index in [4.69, 9.17) is 4.74 Å². The lowest BCUT2D eigenvalue weighted by Gasteiger charge is -2.40. The van der Waals surface area contributed by atoms with Crippen molar-refractivity contribution in [3.05, 3.63) is 83.7 Å². The molecule has 3 aromatic rings. The first kappa shape index (κ1) is 24.9. The fraction of sp³-hybridized carbons (Fsp3) is 0.360. The molecule has 1 aliphatic rings. The van der Waals surface area contributed by atoms with Crippen molar-refractivity contribution < 1.29 is 22.3 Å². The van der Waals surface area contributed by atoms with Crippen molar-refractivity contribution in [3.63, 3.8) is 0 Å². The third-order valence-corrected chi connectivity index (χ3v) is 8.69. The number of nitrogens with one attached hydrogen (secondary N) is 2. The summed E-state index contributed by atoms with van der Waals surface area (Å²) in [6.45, 7) is 2.78. The normalized spacial score (nSPS) is 19.5. The molecule has 2 unspecified atom stereocenters. The Hall–Kier alpha value is -3.24. The van der Waals surface area contributed by atoms with Gasteiger partial charge in [-0.25, -0.2) is 21.8 Å². The van der Waals surface area contributed by atoms with Gasteiger partial charge in [0, 0.05) is 17.8 Å². The van der Waals surface area contributed by atoms with Crippen LogP contribution in [0.25, 0.3) is 0 Å². The number of methoxy groups -OCH3 is 1. The van der Waals surface area contributed by atoms with Crippen LogP contribution in [0, 0.1) is 12.7 Å². The van der Waals surface area contributed by atoms with E-state index in [1.807, 2.05) is 0 Å². The Morgan fingerprint density at radius 2 is 2.00 bits per heavy atom. The van der Waals surface area contributed by atoms with Crippen LogP contribution >= 0.6 is 0 Å². The molecule has 2 aromatic carbocycles. The Morgan fingerprint density at radius 1 is 1.20 bits per heavy atom. The summed E-state index contributed by atoms with van der Waals surface area (Å²) in [5, 5.41) is 4.72. The number of imidazole rings is 1. The second-order valence-corrected chi connectivity index (χ2v) is 10.5. The molecule has 0 saturated carbocycles. The van der Waals surface area contributed by atoms with Gasteiger partial charge in [0.25, 0.3) is 15.9 Å². The molecule has 2 N–H and O–H groups in total. The quantitative estimate of drug-likeness (QED) is 0.517. The van der Waals surface area contributed by atoms with Crippen LogP contribution < -0.4 is 15.4 Å². The number of carbonyl (C=O) groups is 1. The van der Waals surface area contributed by atoms with Crippen molar-refractivity contribution in [2.45, 2.75) is 37.0 Å². The van der Waals surface area contributed by atoms with E-state index in [9.17, 15) is 17.6 Å². The Morgan fingerprint density at radius 3 is 2.71 bits per heavy atom. The highest BCUT2D eigenvalue weighted by molar-refractivity contribution is 7.90. The van der Waals surface area contributed by atoms with E-state index in [1.165, 1.54) is 31.6 Å². The van der Waals surface area contributed by atoms with Crippen LogP contribution in [0.2, 0.25) is 0 Å². The number of ether oxygens (including phenoxy) is 1. The second kappa shape index (κ2) is 10.2. The van der Waals surface area contributed by atoms with Crippen molar-refractivity contribution in [1.82, 2.24) is 19.6 Å². The number of aromatic nitrogens is 2. The number of hydrogen-bond acceptors (Lipinski definition) is 6. The summed E-state index contributed by atoms with van der Waals surface area (Å²) in [7, 11) is -2.77. The Balaban J connectivity index is 1.91. The summed E-state index contributed by atoms with van der Waals surface area (Å²) in [6, 6.07) is 12.6. The van der Waals surface area contributed by atoms with Crippen LogP contribution in [0.4, 0.5) is 4.39 Å². The smallest absolute Gasteiger partial charge is 0.262 e. The third-order valence-electron chi connectivity index (χ3n) is 6.59. The number of para-hydroxylation sites is 1. The van der Waals surface area contributed by atoms with Crippen molar-refractivity contribution in [1.29, 1.82) is 0 Å². The van der Waals surface area contributed by atoms with Crippen molar-refractivity contribution >= 4 is 15.9 Å². The van der Waals surface area contributed by atoms with Crippen LogP contribution in [-0.4, -0.2) is 48.9 Å². The first-order valence-electron chi connectivity index (χ1n) is 11.4. The summed E-state index contributed by atoms with van der Waals surface area (Å²) in [4.78, 5) is 17.6. The molecule has 1 saturated heterocycles. The molecular weight excluding hydrogens is 471 g/mol. The molecule has 0 aliphatic carbocycles. The average Bonchev–Trinajstić information content (AvgIpc) is 3.15. The molecule has 0 bridgehead atoms. The Labute approximate surface area is 204 Å². The fourth-order valence-corrected chi connectivity index (χ4v) is 6.93. The van der Waals surface area contributed by atoms with Crippen molar-refractivity contribution in [3.8, 4) is 5.75 Å². The lowest BCUT2D eigenvalue weighted by molar-refractivity contribution is 0.0926. The van der Waals surface area contributed by atoms with Gasteiger partial charge in [0.2, 0.25) is 0 Å². The summed E-state index contributed by atoms with van der Waals surface area (Å²) in [5.74, 6) is -0.475. The van der Waals surface area contributed by atoms with Crippen LogP contribution in [0.15, 0.2) is 60.9 Å². The molecule has 0 spiro atoms. The minimum Gasteiger partial charge on any atom is -0.496 e. The van der Waals surface area contributed by atoms with Gasteiger partial charge in [-0.1, -0.05) is 24.3 Å². The molecule has 8 nitrogen and oxygen atoms in total. The zero-order valence-electron chi connectivity index (χ0n) is 19.7. The van der Waals surface area contributed by atoms with E-state index < -0.39 is 32.5 Å². The van der Waals surface area contributed by atoms with Gasteiger partial charge >= 0.3 is 0 Å². The molecule has 2 heterocycles. The number of carbonyl (C=O) groups excluding carboxylic acids is 1. The molecule has 35 heavy (non-hydrogen) atoms. The number of halogens is 1. The summed E-state index contributed by atoms with van der Waals surface area (Å²) >= 11 is 0. The highest BCUT2D eigenvalue weighted by Crippen LogP contribution is 2.41. The monoisotopic (exact) mass is 500 g/mol. The number of aryl methyl sites for hydroxylation is 1. The van der Waals surface area contributed by atoms with E-state index in [1.54, 1.807) is 43.3 Å². The molecule has 1 fully saturated rings. The van der Waals surface area contributed by atoms with Gasteiger partial charge in [-0.3, -0.25) is 4.79 Å². The lowest BCUT2D eigenvalue weighted by atomic mass is 9.74. The molecule has 186 valence electrons. The van der Waals surface area contributed by atoms with E-state index in [-0.39, 0.29) is 11.4 Å². The Kier molecular flexibility index (Phi) is 7.23. The number of hydrogen-bond donors (Lipinski definition) is 2. The van der Waals surface area contributed by atoms with E-state index in [0.717, 1.165) is 3.97 Å². The third kappa shape index (κ3) is 4.81. The first-order valence-corrected chi connectivity index (χ1v) is 12.9. The van der Waals surface area contributed by atoms with Crippen LogP contribution in [0.5, 0.6) is 5.75 Å². The maximum Gasteiger partial charge on any atom is 0.262 e. The number of amides is 1. The first-order chi connectivity index (χ1) is 16.8. The average molecular weight is 501 g/mol. The molecule has 4 rings (SSSR count). The van der Waals surface area contributed by atoms with E-state index >= 15 is 0 Å². The van der Waals surface area contributed by atoms with Gasteiger partial charge in [-0.2, -0.15) is 0 Å². The van der Waals surface area contributed by atoms with Gasteiger partial charge in [0.15, 0.2) is 5.37 Å². The Bertz CT molecular complexity index is 1300. The topological polar surface area (TPSA) is 102 Å². The number of rotatable bonds is 7. The minimum atomic E-state index is -4.22. The van der Waals surface area contributed by atoms with Gasteiger partial charge < -0.3 is 15.4 Å². The number of benzene rings is 2. The maximum absolute atomic E-state index is 14.4. The fourth-order valence-electron chi connectivity index (χ4n) is 4.87. The van der Waals surface area contributed by atoms with E-state index in [2.05, 4.69) is 15.6 Å². The van der Waals surface area contributed by atoms with Crippen LogP contribution in [0.3, 0.4) is 0 Å². The lowest BCUT2D eigenvalue weighted by Crippen LogP contribution is -2.57. The molecule has 0 radical (unpaired) electrons. The van der Waals surface area contributed by atoms with Gasteiger partial charge in [0.05, 0.1) is 12.7 Å². The molecule has 1 amide bonds. The minimum absolute atomic E-state index is 0.207. The molecule has 1 aromatic heterocycles. The largest absolute Gasteiger partial charge is 0.496 e. The zero-order chi connectivity index (χ0) is 25.1. The highest BCUT2D eigenvalue weighted by atomic mass is 32.2. The summed E-state index contributed by atoms with van der Waals surface area (Å²) < 4.78 is 49.2. The van der Waals surface area contributed by atoms with E-state index in [0.29, 0.717) is 43.7 Å². The van der Waals surface area contributed by atoms with Crippen molar-refractivity contribution in [2.24, 2.45) is 0 Å². The number of nitrogens with zero attached hydrogens (tertiary/aromatic N) is 2. The second-order valence-electron chi connectivity index (χ2n) is 8.64. The predicted octanol–water partition coefficient (Wildman–Crippen LogP) is 2.98. The SMILES string of the molecule is COc1ccccc1C(=O)NC(C1(c2cccc(F)c2)CCCNCC1)S(=O)(=O)n1ccnc1C. The van der Waals surface area contributed by atoms with Gasteiger partial charge in [0.1, 0.15) is 17.4 Å². The molecule has 2 atom stereocenters. The van der Waals surface area contributed by atoms with Gasteiger partial charge in [-0.05, 0) is 69.1 Å². The standard InChI is InChI=1S/C25H29FN4O4S/c1-18-28-15-16-30(18)35(32,33)24(29-23(31)21-9-3-4-10-22(21)34-2)25(11-6-13-27-14-12-25)19-7-5-8-20(26)17-19/h3-5,7-10,15-17,24,27H,6,11-14H2,1-2H3,(H,29,31).